The van der Waals surface area contributed by atoms with Gasteiger partial charge in [0.1, 0.15) is 5.82 Å². The third-order valence-electron chi connectivity index (χ3n) is 3.03. The Morgan fingerprint density at radius 3 is 2.75 bits per heavy atom. The molecule has 0 spiro atoms. The van der Waals surface area contributed by atoms with E-state index in [1.807, 2.05) is 0 Å². The Labute approximate surface area is 116 Å². The maximum absolute atomic E-state index is 13.7. The molecule has 0 unspecified atom stereocenters. The van der Waals surface area contributed by atoms with Gasteiger partial charge in [-0.3, -0.25) is 4.68 Å². The second-order valence-corrected chi connectivity index (χ2v) is 5.30. The molecule has 1 aromatic heterocycles. The van der Waals surface area contributed by atoms with Crippen LogP contribution >= 0.6 is 0 Å². The Kier molecular flexibility index (Phi) is 3.88. The standard InChI is InChI=1S/C15H17FN2O2/c1-9(2)7-18-8-11(6-17-18)12-5-14(16)10(3)4-13(12)15(19)20/h4-6,8-9H,7H2,1-3H3,(H,19,20). The molecule has 0 radical (unpaired) electrons. The number of halogens is 1. The van der Waals surface area contributed by atoms with Gasteiger partial charge in [0.25, 0.3) is 0 Å². The predicted octanol–water partition coefficient (Wildman–Crippen LogP) is 3.35. The zero-order valence-corrected chi connectivity index (χ0v) is 11.7. The first-order chi connectivity index (χ1) is 9.38. The molecule has 0 fully saturated rings. The number of hydrogen-bond acceptors (Lipinski definition) is 2. The SMILES string of the molecule is Cc1cc(C(=O)O)c(-c2cnn(CC(C)C)c2)cc1F. The summed E-state index contributed by atoms with van der Waals surface area (Å²) in [7, 11) is 0. The first-order valence-electron chi connectivity index (χ1n) is 6.44. The maximum Gasteiger partial charge on any atom is 0.336 e. The fraction of sp³-hybridized carbons (Fsp3) is 0.333. The third kappa shape index (κ3) is 2.87. The summed E-state index contributed by atoms with van der Waals surface area (Å²) >= 11 is 0. The summed E-state index contributed by atoms with van der Waals surface area (Å²) in [5.41, 5.74) is 1.38. The lowest BCUT2D eigenvalue weighted by Gasteiger charge is -2.07. The van der Waals surface area contributed by atoms with Gasteiger partial charge in [0, 0.05) is 23.9 Å². The summed E-state index contributed by atoms with van der Waals surface area (Å²) in [6.07, 6.45) is 3.31. The average molecular weight is 276 g/mol. The number of carboxylic acids is 1. The first-order valence-corrected chi connectivity index (χ1v) is 6.44. The number of nitrogens with zero attached hydrogens (tertiary/aromatic N) is 2. The van der Waals surface area contributed by atoms with Crippen molar-refractivity contribution in [2.45, 2.75) is 27.3 Å². The molecule has 1 N–H and O–H groups in total. The van der Waals surface area contributed by atoms with Gasteiger partial charge in [-0.1, -0.05) is 13.8 Å². The van der Waals surface area contributed by atoms with Crippen molar-refractivity contribution in [2.24, 2.45) is 5.92 Å². The van der Waals surface area contributed by atoms with Crippen molar-refractivity contribution in [1.82, 2.24) is 9.78 Å². The number of benzene rings is 1. The van der Waals surface area contributed by atoms with Crippen molar-refractivity contribution in [3.63, 3.8) is 0 Å². The normalized spacial score (nSPS) is 11.1. The minimum Gasteiger partial charge on any atom is -0.478 e. The molecular weight excluding hydrogens is 259 g/mol. The van der Waals surface area contributed by atoms with E-state index in [0.717, 1.165) is 6.54 Å². The number of carbonyl (C=O) groups is 1. The van der Waals surface area contributed by atoms with Gasteiger partial charge < -0.3 is 5.11 Å². The Morgan fingerprint density at radius 2 is 2.15 bits per heavy atom. The molecule has 5 heteroatoms. The number of aromatic carboxylic acids is 1. The second-order valence-electron chi connectivity index (χ2n) is 5.30. The molecule has 0 amide bonds. The topological polar surface area (TPSA) is 55.1 Å². The summed E-state index contributed by atoms with van der Waals surface area (Å²) in [5, 5.41) is 13.4. The van der Waals surface area contributed by atoms with Crippen LogP contribution in [0.5, 0.6) is 0 Å². The Morgan fingerprint density at radius 1 is 1.45 bits per heavy atom. The zero-order valence-electron chi connectivity index (χ0n) is 11.7. The van der Waals surface area contributed by atoms with Crippen molar-refractivity contribution in [2.75, 3.05) is 0 Å². The van der Waals surface area contributed by atoms with Gasteiger partial charge in [-0.2, -0.15) is 5.10 Å². The molecule has 0 aliphatic heterocycles. The van der Waals surface area contributed by atoms with E-state index >= 15 is 0 Å². The van der Waals surface area contributed by atoms with Crippen LogP contribution in [0.1, 0.15) is 29.8 Å². The van der Waals surface area contributed by atoms with E-state index in [-0.39, 0.29) is 5.56 Å². The Bertz CT molecular complexity index is 647. The molecule has 0 saturated carbocycles. The quantitative estimate of drug-likeness (QED) is 0.931. The minimum atomic E-state index is -1.07. The van der Waals surface area contributed by atoms with E-state index in [0.29, 0.717) is 22.6 Å². The van der Waals surface area contributed by atoms with E-state index < -0.39 is 11.8 Å². The lowest BCUT2D eigenvalue weighted by atomic mass is 10.00. The molecule has 20 heavy (non-hydrogen) atoms. The maximum atomic E-state index is 13.7. The van der Waals surface area contributed by atoms with Crippen LogP contribution in [0.2, 0.25) is 0 Å². The number of hydrogen-bond donors (Lipinski definition) is 1. The van der Waals surface area contributed by atoms with Crippen molar-refractivity contribution in [3.8, 4) is 11.1 Å². The second kappa shape index (κ2) is 5.45. The Balaban J connectivity index is 2.48. The van der Waals surface area contributed by atoms with Crippen LogP contribution in [0.25, 0.3) is 11.1 Å². The molecule has 0 atom stereocenters. The molecule has 0 saturated heterocycles. The largest absolute Gasteiger partial charge is 0.478 e. The lowest BCUT2D eigenvalue weighted by Crippen LogP contribution is -2.04. The molecule has 4 nitrogen and oxygen atoms in total. The van der Waals surface area contributed by atoms with Crippen molar-refractivity contribution < 1.29 is 14.3 Å². The summed E-state index contributed by atoms with van der Waals surface area (Å²) in [5.74, 6) is -1.06. The van der Waals surface area contributed by atoms with Crippen LogP contribution in [0, 0.1) is 18.7 Å². The fourth-order valence-corrected chi connectivity index (χ4v) is 2.07. The molecule has 2 aromatic rings. The highest BCUT2D eigenvalue weighted by Gasteiger charge is 2.16. The van der Waals surface area contributed by atoms with E-state index in [1.165, 1.54) is 12.1 Å². The molecular formula is C15H17FN2O2. The minimum absolute atomic E-state index is 0.0907. The van der Waals surface area contributed by atoms with Crippen molar-refractivity contribution >= 4 is 5.97 Å². The van der Waals surface area contributed by atoms with Crippen molar-refractivity contribution in [3.05, 3.63) is 41.5 Å². The first kappa shape index (κ1) is 14.2. The molecule has 0 bridgehead atoms. The molecule has 0 aliphatic rings. The van der Waals surface area contributed by atoms with E-state index in [9.17, 15) is 14.3 Å². The lowest BCUT2D eigenvalue weighted by molar-refractivity contribution is 0.0697. The number of aromatic nitrogens is 2. The average Bonchev–Trinajstić information content (AvgIpc) is 2.79. The van der Waals surface area contributed by atoms with Crippen LogP contribution in [0.4, 0.5) is 4.39 Å². The Hall–Kier alpha value is -2.17. The van der Waals surface area contributed by atoms with Crippen LogP contribution in [-0.4, -0.2) is 20.9 Å². The number of aryl methyl sites for hydroxylation is 1. The van der Waals surface area contributed by atoms with Gasteiger partial charge >= 0.3 is 5.97 Å². The highest BCUT2D eigenvalue weighted by Crippen LogP contribution is 2.26. The van der Waals surface area contributed by atoms with Crippen LogP contribution in [0.3, 0.4) is 0 Å². The smallest absolute Gasteiger partial charge is 0.336 e. The van der Waals surface area contributed by atoms with E-state index in [1.54, 1.807) is 24.0 Å². The van der Waals surface area contributed by atoms with Crippen LogP contribution < -0.4 is 0 Å². The van der Waals surface area contributed by atoms with Crippen LogP contribution in [-0.2, 0) is 6.54 Å². The fourth-order valence-electron chi connectivity index (χ4n) is 2.07. The molecule has 2 rings (SSSR count). The van der Waals surface area contributed by atoms with Gasteiger partial charge in [-0.25, -0.2) is 9.18 Å². The third-order valence-corrected chi connectivity index (χ3v) is 3.03. The zero-order chi connectivity index (χ0) is 14.9. The number of carboxylic acid groups (broad SMARTS) is 1. The summed E-state index contributed by atoms with van der Waals surface area (Å²) in [6.45, 7) is 6.41. The predicted molar refractivity (Wildman–Crippen MR) is 74.2 cm³/mol. The van der Waals surface area contributed by atoms with Gasteiger partial charge in [-0.15, -0.1) is 0 Å². The summed E-state index contributed by atoms with van der Waals surface area (Å²) in [6, 6.07) is 2.61. The van der Waals surface area contributed by atoms with Gasteiger partial charge in [0.15, 0.2) is 0 Å². The molecule has 1 aromatic carbocycles. The van der Waals surface area contributed by atoms with E-state index in [2.05, 4.69) is 18.9 Å². The highest BCUT2D eigenvalue weighted by molar-refractivity contribution is 5.96. The van der Waals surface area contributed by atoms with Gasteiger partial charge in [0.2, 0.25) is 0 Å². The highest BCUT2D eigenvalue weighted by atomic mass is 19.1. The summed E-state index contributed by atoms with van der Waals surface area (Å²) in [4.78, 5) is 11.3. The van der Waals surface area contributed by atoms with Crippen LogP contribution in [0.15, 0.2) is 24.5 Å². The molecule has 1 heterocycles. The number of rotatable bonds is 4. The monoisotopic (exact) mass is 276 g/mol. The van der Waals surface area contributed by atoms with Crippen molar-refractivity contribution in [1.29, 1.82) is 0 Å². The van der Waals surface area contributed by atoms with Gasteiger partial charge in [0.05, 0.1) is 11.8 Å². The molecule has 106 valence electrons. The molecule has 0 aliphatic carbocycles. The van der Waals surface area contributed by atoms with E-state index in [4.69, 9.17) is 0 Å². The van der Waals surface area contributed by atoms with Gasteiger partial charge in [-0.05, 0) is 30.5 Å². The summed E-state index contributed by atoms with van der Waals surface area (Å²) < 4.78 is 15.4.